The topological polar surface area (TPSA) is 80.1 Å². The number of anilines is 1. The Hall–Kier alpha value is -2.33. The highest BCUT2D eigenvalue weighted by atomic mass is 16.5. The largest absolute Gasteiger partial charge is 0.378 e. The molecule has 1 fully saturated rings. The fraction of sp³-hybridized carbons (Fsp3) is 0.417. The van der Waals surface area contributed by atoms with Crippen molar-refractivity contribution in [3.63, 3.8) is 0 Å². The van der Waals surface area contributed by atoms with Crippen LogP contribution in [0.5, 0.6) is 0 Å². The first-order valence-corrected chi connectivity index (χ1v) is 6.01. The molecule has 0 bridgehead atoms. The minimum Gasteiger partial charge on any atom is -0.378 e. The van der Waals surface area contributed by atoms with E-state index in [-0.39, 0.29) is 0 Å². The van der Waals surface area contributed by atoms with Gasteiger partial charge in [-0.15, -0.1) is 0 Å². The first-order chi connectivity index (χ1) is 9.28. The smallest absolute Gasteiger partial charge is 0.276 e. The van der Waals surface area contributed by atoms with Crippen molar-refractivity contribution in [1.29, 1.82) is 5.26 Å². The molecule has 0 saturated carbocycles. The van der Waals surface area contributed by atoms with Crippen LogP contribution in [-0.2, 0) is 11.8 Å². The van der Waals surface area contributed by atoms with Gasteiger partial charge in [0, 0.05) is 26.3 Å². The lowest BCUT2D eigenvalue weighted by Gasteiger charge is -2.24. The van der Waals surface area contributed by atoms with Gasteiger partial charge in [0.1, 0.15) is 11.8 Å². The van der Waals surface area contributed by atoms with E-state index in [1.165, 1.54) is 0 Å². The second-order valence-electron chi connectivity index (χ2n) is 4.34. The zero-order valence-corrected chi connectivity index (χ0v) is 10.5. The monoisotopic (exact) mass is 259 g/mol. The highest BCUT2D eigenvalue weighted by Crippen LogP contribution is 2.22. The molecule has 0 radical (unpaired) electrons. The Kier molecular flexibility index (Phi) is 2.93. The van der Waals surface area contributed by atoms with Gasteiger partial charge in [0.15, 0.2) is 0 Å². The molecule has 3 heterocycles. The minimum atomic E-state index is 0.422. The molecule has 2 aromatic heterocycles. The van der Waals surface area contributed by atoms with Crippen LogP contribution in [0.15, 0.2) is 16.8 Å². The molecule has 0 aliphatic carbocycles. The summed E-state index contributed by atoms with van der Waals surface area (Å²) < 4.78 is 12.4. The number of nitriles is 1. The van der Waals surface area contributed by atoms with Crippen LogP contribution in [0, 0.1) is 11.3 Å². The van der Waals surface area contributed by atoms with Gasteiger partial charge < -0.3 is 18.7 Å². The molecule has 1 aliphatic heterocycles. The number of ether oxygens (including phenoxy) is 1. The van der Waals surface area contributed by atoms with E-state index in [4.69, 9.17) is 14.5 Å². The summed E-state index contributed by atoms with van der Waals surface area (Å²) in [6.07, 6.45) is 1.73. The van der Waals surface area contributed by atoms with Gasteiger partial charge in [-0.2, -0.15) is 10.2 Å². The van der Waals surface area contributed by atoms with E-state index in [1.54, 1.807) is 16.8 Å². The maximum absolute atomic E-state index is 8.88. The molecule has 98 valence electrons. The minimum absolute atomic E-state index is 0.422. The van der Waals surface area contributed by atoms with Crippen LogP contribution in [0.2, 0.25) is 0 Å². The predicted octanol–water partition coefficient (Wildman–Crippen LogP) is 0.783. The Morgan fingerprint density at radius 3 is 2.84 bits per heavy atom. The molecule has 0 N–H and O–H groups in total. The van der Waals surface area contributed by atoms with Crippen LogP contribution in [0.3, 0.4) is 0 Å². The number of aromatic nitrogens is 3. The highest BCUT2D eigenvalue weighted by Gasteiger charge is 2.19. The Morgan fingerprint density at radius 2 is 2.16 bits per heavy atom. The Balaban J connectivity index is 1.88. The van der Waals surface area contributed by atoms with Gasteiger partial charge in [-0.05, 0) is 11.2 Å². The lowest BCUT2D eigenvalue weighted by atomic mass is 10.3. The zero-order valence-electron chi connectivity index (χ0n) is 10.5. The van der Waals surface area contributed by atoms with Crippen molar-refractivity contribution in [3.8, 4) is 17.7 Å². The first kappa shape index (κ1) is 11.7. The van der Waals surface area contributed by atoms with Crippen LogP contribution in [0.4, 0.5) is 5.95 Å². The SMILES string of the molecule is Cn1cc(C#N)cc1-c1nc(N2CCOCC2)no1. The van der Waals surface area contributed by atoms with Gasteiger partial charge in [0.2, 0.25) is 0 Å². The van der Waals surface area contributed by atoms with E-state index in [0.717, 1.165) is 18.8 Å². The molecular weight excluding hydrogens is 246 g/mol. The number of nitrogens with zero attached hydrogens (tertiary/aromatic N) is 5. The van der Waals surface area contributed by atoms with Crippen molar-refractivity contribution in [2.75, 3.05) is 31.2 Å². The summed E-state index contributed by atoms with van der Waals surface area (Å²) >= 11 is 0. The third-order valence-corrected chi connectivity index (χ3v) is 3.06. The second-order valence-corrected chi connectivity index (χ2v) is 4.34. The summed E-state index contributed by atoms with van der Waals surface area (Å²) in [4.78, 5) is 6.39. The van der Waals surface area contributed by atoms with Gasteiger partial charge >= 0.3 is 0 Å². The number of morpholine rings is 1. The van der Waals surface area contributed by atoms with Crippen molar-refractivity contribution in [2.45, 2.75) is 0 Å². The number of aryl methyl sites for hydroxylation is 1. The van der Waals surface area contributed by atoms with Crippen LogP contribution in [0.1, 0.15) is 5.56 Å². The Morgan fingerprint density at radius 1 is 1.37 bits per heavy atom. The standard InChI is InChI=1S/C12H13N5O2/c1-16-8-9(7-13)6-10(16)11-14-12(15-19-11)17-2-4-18-5-3-17/h6,8H,2-5H2,1H3. The highest BCUT2D eigenvalue weighted by molar-refractivity contribution is 5.54. The number of hydrogen-bond donors (Lipinski definition) is 0. The Labute approximate surface area is 110 Å². The average molecular weight is 259 g/mol. The maximum Gasteiger partial charge on any atom is 0.276 e. The van der Waals surface area contributed by atoms with E-state index in [2.05, 4.69) is 16.2 Å². The normalized spacial score (nSPS) is 15.5. The van der Waals surface area contributed by atoms with E-state index in [9.17, 15) is 0 Å². The molecule has 1 saturated heterocycles. The summed E-state index contributed by atoms with van der Waals surface area (Å²) in [5.74, 6) is 0.989. The molecular formula is C12H13N5O2. The van der Waals surface area contributed by atoms with Crippen molar-refractivity contribution >= 4 is 5.95 Å². The van der Waals surface area contributed by atoms with E-state index >= 15 is 0 Å². The third kappa shape index (κ3) is 2.18. The summed E-state index contributed by atoms with van der Waals surface area (Å²) in [6, 6.07) is 3.82. The third-order valence-electron chi connectivity index (χ3n) is 3.06. The van der Waals surface area contributed by atoms with Crippen LogP contribution in [-0.4, -0.2) is 41.0 Å². The fourth-order valence-corrected chi connectivity index (χ4v) is 2.05. The first-order valence-electron chi connectivity index (χ1n) is 6.01. The van der Waals surface area contributed by atoms with Crippen molar-refractivity contribution in [3.05, 3.63) is 17.8 Å². The molecule has 1 aliphatic rings. The van der Waals surface area contributed by atoms with Crippen molar-refractivity contribution < 1.29 is 9.26 Å². The lowest BCUT2D eigenvalue weighted by Crippen LogP contribution is -2.36. The molecule has 2 aromatic rings. The maximum atomic E-state index is 8.88. The summed E-state index contributed by atoms with van der Waals surface area (Å²) in [6.45, 7) is 2.87. The average Bonchev–Trinajstić information content (AvgIpc) is 3.06. The molecule has 0 unspecified atom stereocenters. The van der Waals surface area contributed by atoms with Crippen molar-refractivity contribution in [1.82, 2.24) is 14.7 Å². The molecule has 0 atom stereocenters. The molecule has 0 aromatic carbocycles. The fourth-order valence-electron chi connectivity index (χ4n) is 2.05. The van der Waals surface area contributed by atoms with Crippen LogP contribution < -0.4 is 4.90 Å². The second kappa shape index (κ2) is 4.74. The predicted molar refractivity (Wildman–Crippen MR) is 66.5 cm³/mol. The zero-order chi connectivity index (χ0) is 13.2. The lowest BCUT2D eigenvalue weighted by molar-refractivity contribution is 0.121. The summed E-state index contributed by atoms with van der Waals surface area (Å²) in [5.41, 5.74) is 1.31. The van der Waals surface area contributed by atoms with Crippen molar-refractivity contribution in [2.24, 2.45) is 7.05 Å². The molecule has 19 heavy (non-hydrogen) atoms. The quantitative estimate of drug-likeness (QED) is 0.793. The van der Waals surface area contributed by atoms with Gasteiger partial charge in [-0.1, -0.05) is 0 Å². The van der Waals surface area contributed by atoms with E-state index in [0.29, 0.717) is 30.6 Å². The number of rotatable bonds is 2. The summed E-state index contributed by atoms with van der Waals surface area (Å²) in [5, 5.41) is 12.9. The van der Waals surface area contributed by atoms with Gasteiger partial charge in [0.25, 0.3) is 11.8 Å². The van der Waals surface area contributed by atoms with Gasteiger partial charge in [-0.25, -0.2) is 0 Å². The summed E-state index contributed by atoms with van der Waals surface area (Å²) in [7, 11) is 1.84. The molecule has 7 nitrogen and oxygen atoms in total. The molecule has 0 spiro atoms. The van der Waals surface area contributed by atoms with Crippen LogP contribution in [0.25, 0.3) is 11.6 Å². The van der Waals surface area contributed by atoms with E-state index in [1.807, 2.05) is 11.9 Å². The molecule has 7 heteroatoms. The molecule has 3 rings (SSSR count). The Bertz CT molecular complexity index is 618. The molecule has 0 amide bonds. The van der Waals surface area contributed by atoms with Gasteiger partial charge in [-0.3, -0.25) is 0 Å². The van der Waals surface area contributed by atoms with Crippen LogP contribution >= 0.6 is 0 Å². The number of hydrogen-bond acceptors (Lipinski definition) is 6. The van der Waals surface area contributed by atoms with E-state index < -0.39 is 0 Å². The van der Waals surface area contributed by atoms with Gasteiger partial charge in [0.05, 0.1) is 18.8 Å².